The minimum atomic E-state index is -0.0565. The topological polar surface area (TPSA) is 63.3 Å². The molecule has 2 atom stereocenters. The van der Waals surface area contributed by atoms with Crippen molar-refractivity contribution in [3.63, 3.8) is 0 Å². The second kappa shape index (κ2) is 6.48. The zero-order valence-corrected chi connectivity index (χ0v) is 14.0. The molecule has 124 valence electrons. The maximum atomic E-state index is 12.6. The summed E-state index contributed by atoms with van der Waals surface area (Å²) < 4.78 is 7.69. The molecule has 6 heteroatoms. The van der Waals surface area contributed by atoms with E-state index in [-0.39, 0.29) is 12.1 Å². The molecular weight excluding hydrogens is 292 g/mol. The van der Waals surface area contributed by atoms with Crippen LogP contribution in [0.25, 0.3) is 0 Å². The number of aryl methyl sites for hydroxylation is 2. The fourth-order valence-electron chi connectivity index (χ4n) is 3.11. The lowest BCUT2D eigenvalue weighted by Crippen LogP contribution is -2.45. The number of likely N-dealkylation sites (tertiary alicyclic amines) is 1. The van der Waals surface area contributed by atoms with Crippen LogP contribution in [0, 0.1) is 12.8 Å². The Labute approximate surface area is 136 Å². The number of rotatable bonds is 3. The summed E-state index contributed by atoms with van der Waals surface area (Å²) in [6.45, 7) is 5.34. The zero-order chi connectivity index (χ0) is 16.4. The molecule has 0 unspecified atom stereocenters. The predicted octanol–water partition coefficient (Wildman–Crippen LogP) is 3.00. The number of nitrogens with zero attached hydrogens (tertiary/aromatic N) is 3. The van der Waals surface area contributed by atoms with Crippen molar-refractivity contribution in [1.29, 1.82) is 0 Å². The van der Waals surface area contributed by atoms with Gasteiger partial charge in [0.2, 0.25) is 0 Å². The summed E-state index contributed by atoms with van der Waals surface area (Å²) in [5.41, 5.74) is 0. The largest absolute Gasteiger partial charge is 0.464 e. The average Bonchev–Trinajstić information content (AvgIpc) is 3.13. The summed E-state index contributed by atoms with van der Waals surface area (Å²) in [4.78, 5) is 18.8. The Balaban J connectivity index is 1.70. The molecule has 0 saturated carbocycles. The number of furan rings is 1. The molecule has 0 radical (unpaired) electrons. The van der Waals surface area contributed by atoms with Gasteiger partial charge in [-0.05, 0) is 37.8 Å². The number of hydrogen-bond acceptors (Lipinski definition) is 3. The van der Waals surface area contributed by atoms with Gasteiger partial charge in [0.05, 0.1) is 12.6 Å². The van der Waals surface area contributed by atoms with E-state index < -0.39 is 0 Å². The van der Waals surface area contributed by atoms with Gasteiger partial charge >= 0.3 is 6.03 Å². The highest BCUT2D eigenvalue weighted by molar-refractivity contribution is 5.74. The van der Waals surface area contributed by atoms with Gasteiger partial charge in [-0.25, -0.2) is 9.78 Å². The number of hydrogen-bond donors (Lipinski definition) is 1. The van der Waals surface area contributed by atoms with E-state index in [4.69, 9.17) is 4.42 Å². The van der Waals surface area contributed by atoms with Crippen molar-refractivity contribution in [2.24, 2.45) is 13.0 Å². The van der Waals surface area contributed by atoms with Crippen LogP contribution < -0.4 is 5.32 Å². The van der Waals surface area contributed by atoms with E-state index in [2.05, 4.69) is 17.2 Å². The molecule has 2 aromatic rings. The van der Waals surface area contributed by atoms with Crippen LogP contribution in [-0.4, -0.2) is 27.0 Å². The molecule has 0 spiro atoms. The van der Waals surface area contributed by atoms with Gasteiger partial charge in [-0.15, -0.1) is 0 Å². The fraction of sp³-hybridized carbons (Fsp3) is 0.529. The third kappa shape index (κ3) is 3.41. The SMILES string of the molecule is Cc1ccc([C@@H]2C[C@H](C)CCN2C(=O)NCc2nccn2C)o1. The van der Waals surface area contributed by atoms with Crippen LogP contribution in [-0.2, 0) is 13.6 Å². The first-order valence-corrected chi connectivity index (χ1v) is 8.11. The summed E-state index contributed by atoms with van der Waals surface area (Å²) in [5, 5.41) is 2.98. The maximum absolute atomic E-state index is 12.6. The number of amides is 2. The molecule has 2 amide bonds. The molecule has 3 heterocycles. The molecule has 3 rings (SSSR count). The Kier molecular flexibility index (Phi) is 4.41. The zero-order valence-electron chi connectivity index (χ0n) is 14.0. The number of carbonyl (C=O) groups is 1. The van der Waals surface area contributed by atoms with Crippen molar-refractivity contribution in [3.05, 3.63) is 41.9 Å². The van der Waals surface area contributed by atoms with Crippen molar-refractivity contribution in [2.75, 3.05) is 6.54 Å². The van der Waals surface area contributed by atoms with Crippen LogP contribution in [0.5, 0.6) is 0 Å². The molecular formula is C17H24N4O2. The van der Waals surface area contributed by atoms with Gasteiger partial charge in [0.15, 0.2) is 0 Å². The molecule has 23 heavy (non-hydrogen) atoms. The van der Waals surface area contributed by atoms with Crippen molar-refractivity contribution >= 4 is 6.03 Å². The average molecular weight is 316 g/mol. The number of carbonyl (C=O) groups excluding carboxylic acids is 1. The first-order valence-electron chi connectivity index (χ1n) is 8.11. The minimum Gasteiger partial charge on any atom is -0.464 e. The quantitative estimate of drug-likeness (QED) is 0.947. The van der Waals surface area contributed by atoms with E-state index in [0.29, 0.717) is 12.5 Å². The number of aromatic nitrogens is 2. The van der Waals surface area contributed by atoms with E-state index in [1.54, 1.807) is 6.20 Å². The van der Waals surface area contributed by atoms with E-state index in [1.807, 2.05) is 41.8 Å². The highest BCUT2D eigenvalue weighted by Crippen LogP contribution is 2.34. The van der Waals surface area contributed by atoms with E-state index >= 15 is 0 Å². The third-order valence-electron chi connectivity index (χ3n) is 4.53. The van der Waals surface area contributed by atoms with Crippen molar-refractivity contribution in [1.82, 2.24) is 19.8 Å². The Hall–Kier alpha value is -2.24. The second-order valence-corrected chi connectivity index (χ2v) is 6.40. The van der Waals surface area contributed by atoms with E-state index in [1.165, 1.54) is 0 Å². The van der Waals surface area contributed by atoms with Gasteiger partial charge in [0.1, 0.15) is 17.3 Å². The van der Waals surface area contributed by atoms with Crippen molar-refractivity contribution in [3.8, 4) is 0 Å². The number of urea groups is 1. The van der Waals surface area contributed by atoms with Gasteiger partial charge in [0, 0.05) is 26.0 Å². The van der Waals surface area contributed by atoms with E-state index in [9.17, 15) is 4.79 Å². The minimum absolute atomic E-state index is 0.00817. The summed E-state index contributed by atoms with van der Waals surface area (Å²) in [6.07, 6.45) is 5.56. The molecule has 0 aliphatic carbocycles. The molecule has 1 fully saturated rings. The Bertz CT molecular complexity index is 676. The van der Waals surface area contributed by atoms with Gasteiger partial charge in [-0.1, -0.05) is 6.92 Å². The Morgan fingerprint density at radius 3 is 2.96 bits per heavy atom. The van der Waals surface area contributed by atoms with Crippen molar-refractivity contribution in [2.45, 2.75) is 39.3 Å². The molecule has 1 aliphatic heterocycles. The van der Waals surface area contributed by atoms with Crippen LogP contribution in [0.4, 0.5) is 4.79 Å². The van der Waals surface area contributed by atoms with Crippen LogP contribution in [0.2, 0.25) is 0 Å². The number of nitrogens with one attached hydrogen (secondary N) is 1. The van der Waals surface area contributed by atoms with Crippen LogP contribution in [0.3, 0.4) is 0 Å². The normalized spacial score (nSPS) is 21.4. The monoisotopic (exact) mass is 316 g/mol. The Morgan fingerprint density at radius 2 is 2.30 bits per heavy atom. The Morgan fingerprint density at radius 1 is 1.48 bits per heavy atom. The smallest absolute Gasteiger partial charge is 0.318 e. The highest BCUT2D eigenvalue weighted by Gasteiger charge is 2.32. The van der Waals surface area contributed by atoms with Gasteiger partial charge in [-0.2, -0.15) is 0 Å². The van der Waals surface area contributed by atoms with E-state index in [0.717, 1.165) is 36.7 Å². The van der Waals surface area contributed by atoms with Gasteiger partial charge in [-0.3, -0.25) is 0 Å². The molecule has 0 aromatic carbocycles. The lowest BCUT2D eigenvalue weighted by molar-refractivity contribution is 0.118. The molecule has 1 saturated heterocycles. The molecule has 1 N–H and O–H groups in total. The van der Waals surface area contributed by atoms with Gasteiger partial charge < -0.3 is 19.2 Å². The van der Waals surface area contributed by atoms with Gasteiger partial charge in [0.25, 0.3) is 0 Å². The summed E-state index contributed by atoms with van der Waals surface area (Å²) >= 11 is 0. The standard InChI is InChI=1S/C17H24N4O2/c1-12-6-8-21(14(10-12)15-5-4-13(2)23-15)17(22)19-11-16-18-7-9-20(16)3/h4-5,7,9,12,14H,6,8,10-11H2,1-3H3,(H,19,22)/t12-,14+/m1/s1. The highest BCUT2D eigenvalue weighted by atomic mass is 16.3. The number of piperidine rings is 1. The van der Waals surface area contributed by atoms with Crippen LogP contribution in [0.15, 0.2) is 28.9 Å². The first kappa shape index (κ1) is 15.6. The first-order chi connectivity index (χ1) is 11.0. The molecule has 1 aliphatic rings. The molecule has 2 aromatic heterocycles. The lowest BCUT2D eigenvalue weighted by atomic mass is 9.91. The van der Waals surface area contributed by atoms with Crippen molar-refractivity contribution < 1.29 is 9.21 Å². The summed E-state index contributed by atoms with van der Waals surface area (Å²) in [5.74, 6) is 3.19. The maximum Gasteiger partial charge on any atom is 0.318 e. The summed E-state index contributed by atoms with van der Waals surface area (Å²) in [7, 11) is 1.92. The second-order valence-electron chi connectivity index (χ2n) is 6.40. The summed E-state index contributed by atoms with van der Waals surface area (Å²) in [6, 6.07) is 3.89. The molecule has 0 bridgehead atoms. The number of imidazole rings is 1. The fourth-order valence-corrected chi connectivity index (χ4v) is 3.11. The van der Waals surface area contributed by atoms with Crippen LogP contribution >= 0.6 is 0 Å². The predicted molar refractivity (Wildman–Crippen MR) is 86.7 cm³/mol. The molecule has 6 nitrogen and oxygen atoms in total. The van der Waals surface area contributed by atoms with Crippen LogP contribution in [0.1, 0.15) is 43.2 Å². The third-order valence-corrected chi connectivity index (χ3v) is 4.53. The lowest BCUT2D eigenvalue weighted by Gasteiger charge is -2.37.